The molecule has 2 saturated carbocycles. The average Bonchev–Trinajstić information content (AvgIpc) is 3.54. The molecule has 0 aliphatic heterocycles. The van der Waals surface area contributed by atoms with Gasteiger partial charge >= 0.3 is 0 Å². The van der Waals surface area contributed by atoms with Crippen molar-refractivity contribution < 1.29 is 8.94 Å². The summed E-state index contributed by atoms with van der Waals surface area (Å²) in [4.78, 5) is 11.0. The molecule has 0 N–H and O–H groups in total. The van der Waals surface area contributed by atoms with Gasteiger partial charge in [-0.3, -0.25) is 9.88 Å². The Morgan fingerprint density at radius 3 is 2.81 bits per heavy atom. The van der Waals surface area contributed by atoms with Gasteiger partial charge in [0, 0.05) is 29.9 Å². The van der Waals surface area contributed by atoms with Gasteiger partial charge in [0.1, 0.15) is 11.5 Å². The lowest BCUT2D eigenvalue weighted by molar-refractivity contribution is 0.194. The van der Waals surface area contributed by atoms with E-state index in [-0.39, 0.29) is 0 Å². The number of hydrogen-bond acceptors (Lipinski definition) is 6. The van der Waals surface area contributed by atoms with E-state index >= 15 is 0 Å². The SMILES string of the molecule is C[C@@H]1C[C@H]1c1ccc(CN(Cc2nc(-c3cccnc3)no2)C2CC2)o1. The fourth-order valence-corrected chi connectivity index (χ4v) is 3.46. The molecule has 26 heavy (non-hydrogen) atoms. The van der Waals surface area contributed by atoms with Crippen LogP contribution in [-0.2, 0) is 13.1 Å². The minimum Gasteiger partial charge on any atom is -0.464 e. The lowest BCUT2D eigenvalue weighted by Crippen LogP contribution is -2.25. The van der Waals surface area contributed by atoms with Crippen molar-refractivity contribution in [3.8, 4) is 11.4 Å². The van der Waals surface area contributed by atoms with E-state index in [4.69, 9.17) is 8.94 Å². The van der Waals surface area contributed by atoms with Crippen LogP contribution in [0, 0.1) is 5.92 Å². The number of aromatic nitrogens is 3. The second-order valence-electron chi connectivity index (χ2n) is 7.51. The second kappa shape index (κ2) is 6.36. The second-order valence-corrected chi connectivity index (χ2v) is 7.51. The topological polar surface area (TPSA) is 68.2 Å². The molecule has 6 nitrogen and oxygen atoms in total. The molecular formula is C20H22N4O2. The molecule has 0 spiro atoms. The Morgan fingerprint density at radius 2 is 2.08 bits per heavy atom. The van der Waals surface area contributed by atoms with Gasteiger partial charge in [0.2, 0.25) is 11.7 Å². The van der Waals surface area contributed by atoms with Crippen molar-refractivity contribution in [1.29, 1.82) is 0 Å². The third-order valence-corrected chi connectivity index (χ3v) is 5.31. The maximum Gasteiger partial charge on any atom is 0.241 e. The first kappa shape index (κ1) is 15.8. The molecule has 0 amide bonds. The van der Waals surface area contributed by atoms with Crippen LogP contribution < -0.4 is 0 Å². The molecule has 0 unspecified atom stereocenters. The predicted octanol–water partition coefficient (Wildman–Crippen LogP) is 4.01. The van der Waals surface area contributed by atoms with E-state index in [0.29, 0.717) is 30.2 Å². The normalized spacial score (nSPS) is 22.1. The van der Waals surface area contributed by atoms with Crippen LogP contribution in [-0.4, -0.2) is 26.1 Å². The van der Waals surface area contributed by atoms with Crippen molar-refractivity contribution in [2.75, 3.05) is 0 Å². The summed E-state index contributed by atoms with van der Waals surface area (Å²) >= 11 is 0. The number of nitrogens with zero attached hydrogens (tertiary/aromatic N) is 4. The molecule has 2 aliphatic rings. The summed E-state index contributed by atoms with van der Waals surface area (Å²) in [5, 5.41) is 4.09. The minimum absolute atomic E-state index is 0.581. The highest BCUT2D eigenvalue weighted by Crippen LogP contribution is 2.47. The summed E-state index contributed by atoms with van der Waals surface area (Å²) in [6.07, 6.45) is 7.17. The van der Waals surface area contributed by atoms with Gasteiger partial charge in [0.25, 0.3) is 0 Å². The maximum atomic E-state index is 6.08. The van der Waals surface area contributed by atoms with Crippen LogP contribution in [0.1, 0.15) is 49.5 Å². The Balaban J connectivity index is 1.28. The zero-order valence-electron chi connectivity index (χ0n) is 14.8. The van der Waals surface area contributed by atoms with Crippen molar-refractivity contribution >= 4 is 0 Å². The molecule has 0 radical (unpaired) electrons. The van der Waals surface area contributed by atoms with Gasteiger partial charge < -0.3 is 8.94 Å². The summed E-state index contributed by atoms with van der Waals surface area (Å²) in [6.45, 7) is 3.71. The van der Waals surface area contributed by atoms with Crippen LogP contribution in [0.4, 0.5) is 0 Å². The van der Waals surface area contributed by atoms with E-state index in [1.807, 2.05) is 12.1 Å². The lowest BCUT2D eigenvalue weighted by atomic mass is 10.3. The molecule has 0 aromatic carbocycles. The molecule has 0 saturated heterocycles. The largest absolute Gasteiger partial charge is 0.464 e. The van der Waals surface area contributed by atoms with Gasteiger partial charge in [-0.05, 0) is 49.4 Å². The number of hydrogen-bond donors (Lipinski definition) is 0. The molecule has 2 atom stereocenters. The van der Waals surface area contributed by atoms with Crippen LogP contribution >= 0.6 is 0 Å². The summed E-state index contributed by atoms with van der Waals surface area (Å²) in [5.74, 6) is 4.78. The molecule has 5 rings (SSSR count). The standard InChI is InChI=1S/C20H22N4O2/c1-13-9-17(13)18-7-6-16(25-18)11-24(15-4-5-15)12-19-22-20(23-26-19)14-3-2-8-21-10-14/h2-3,6-8,10,13,15,17H,4-5,9,11-12H2,1H3/t13-,17-/m1/s1. The molecule has 0 bridgehead atoms. The Hall–Kier alpha value is -2.47. The van der Waals surface area contributed by atoms with E-state index in [2.05, 4.69) is 39.1 Å². The molecular weight excluding hydrogens is 328 g/mol. The highest BCUT2D eigenvalue weighted by Gasteiger charge is 2.37. The van der Waals surface area contributed by atoms with E-state index in [0.717, 1.165) is 29.5 Å². The molecule has 2 fully saturated rings. The Labute approximate surface area is 152 Å². The van der Waals surface area contributed by atoms with Crippen LogP contribution in [0.3, 0.4) is 0 Å². The summed E-state index contributed by atoms with van der Waals surface area (Å²) in [6, 6.07) is 8.64. The first-order chi connectivity index (χ1) is 12.8. The third kappa shape index (κ3) is 3.29. The Bertz CT molecular complexity index is 884. The highest BCUT2D eigenvalue weighted by molar-refractivity contribution is 5.51. The van der Waals surface area contributed by atoms with Crippen molar-refractivity contribution in [3.63, 3.8) is 0 Å². The number of pyridine rings is 1. The zero-order chi connectivity index (χ0) is 17.5. The van der Waals surface area contributed by atoms with Crippen molar-refractivity contribution in [1.82, 2.24) is 20.0 Å². The fraction of sp³-hybridized carbons (Fsp3) is 0.450. The highest BCUT2D eigenvalue weighted by atomic mass is 16.5. The Kier molecular flexibility index (Phi) is 3.85. The van der Waals surface area contributed by atoms with Gasteiger partial charge in [-0.15, -0.1) is 0 Å². The maximum absolute atomic E-state index is 6.08. The molecule has 6 heteroatoms. The minimum atomic E-state index is 0.581. The van der Waals surface area contributed by atoms with E-state index in [1.54, 1.807) is 12.4 Å². The number of rotatable bonds is 7. The van der Waals surface area contributed by atoms with Crippen molar-refractivity contribution in [2.24, 2.45) is 5.92 Å². The van der Waals surface area contributed by atoms with E-state index < -0.39 is 0 Å². The molecule has 3 aromatic rings. The van der Waals surface area contributed by atoms with E-state index in [1.165, 1.54) is 19.3 Å². The van der Waals surface area contributed by atoms with Crippen molar-refractivity contribution in [2.45, 2.75) is 51.2 Å². The first-order valence-corrected chi connectivity index (χ1v) is 9.32. The molecule has 3 heterocycles. The zero-order valence-corrected chi connectivity index (χ0v) is 14.8. The predicted molar refractivity (Wildman–Crippen MR) is 95.0 cm³/mol. The van der Waals surface area contributed by atoms with Gasteiger partial charge in [0.15, 0.2) is 0 Å². The van der Waals surface area contributed by atoms with Gasteiger partial charge in [-0.1, -0.05) is 12.1 Å². The van der Waals surface area contributed by atoms with Crippen LogP contribution in [0.5, 0.6) is 0 Å². The molecule has 134 valence electrons. The fourth-order valence-electron chi connectivity index (χ4n) is 3.46. The third-order valence-electron chi connectivity index (χ3n) is 5.31. The average molecular weight is 350 g/mol. The number of furan rings is 1. The van der Waals surface area contributed by atoms with Crippen molar-refractivity contribution in [3.05, 3.63) is 54.1 Å². The smallest absolute Gasteiger partial charge is 0.241 e. The van der Waals surface area contributed by atoms with Gasteiger partial charge in [-0.2, -0.15) is 4.98 Å². The molecule has 3 aromatic heterocycles. The lowest BCUT2D eigenvalue weighted by Gasteiger charge is -2.18. The molecule has 2 aliphatic carbocycles. The summed E-state index contributed by atoms with van der Waals surface area (Å²) in [7, 11) is 0. The first-order valence-electron chi connectivity index (χ1n) is 9.32. The summed E-state index contributed by atoms with van der Waals surface area (Å²) in [5.41, 5.74) is 0.870. The van der Waals surface area contributed by atoms with Crippen LogP contribution in [0.2, 0.25) is 0 Å². The Morgan fingerprint density at radius 1 is 1.19 bits per heavy atom. The van der Waals surface area contributed by atoms with Crippen LogP contribution in [0.25, 0.3) is 11.4 Å². The van der Waals surface area contributed by atoms with Gasteiger partial charge in [0.05, 0.1) is 13.1 Å². The van der Waals surface area contributed by atoms with Gasteiger partial charge in [-0.25, -0.2) is 0 Å². The van der Waals surface area contributed by atoms with Crippen LogP contribution in [0.15, 0.2) is 45.6 Å². The van der Waals surface area contributed by atoms with E-state index in [9.17, 15) is 0 Å². The summed E-state index contributed by atoms with van der Waals surface area (Å²) < 4.78 is 11.6. The monoisotopic (exact) mass is 350 g/mol. The quantitative estimate of drug-likeness (QED) is 0.641.